The first-order chi connectivity index (χ1) is 7.63. The van der Waals surface area contributed by atoms with Crippen LogP contribution in [0.25, 0.3) is 0 Å². The first-order valence-corrected chi connectivity index (χ1v) is 5.48. The summed E-state index contributed by atoms with van der Waals surface area (Å²) in [7, 11) is 1.46. The van der Waals surface area contributed by atoms with Gasteiger partial charge in [-0.15, -0.1) is 0 Å². The van der Waals surface area contributed by atoms with Crippen molar-refractivity contribution in [2.45, 2.75) is 33.1 Å². The maximum absolute atomic E-state index is 10.9. The number of aryl methyl sites for hydroxylation is 2. The molecular formula is C12H17NO3. The number of nitro groups is 1. The van der Waals surface area contributed by atoms with Gasteiger partial charge in [0.15, 0.2) is 5.75 Å². The van der Waals surface area contributed by atoms with Gasteiger partial charge in [-0.2, -0.15) is 0 Å². The van der Waals surface area contributed by atoms with Gasteiger partial charge < -0.3 is 4.74 Å². The Morgan fingerprint density at radius 1 is 1.31 bits per heavy atom. The second-order valence-electron chi connectivity index (χ2n) is 3.65. The van der Waals surface area contributed by atoms with Crippen LogP contribution in [0.3, 0.4) is 0 Å². The van der Waals surface area contributed by atoms with Gasteiger partial charge in [0.1, 0.15) is 0 Å². The lowest BCUT2D eigenvalue weighted by Crippen LogP contribution is -1.99. The van der Waals surface area contributed by atoms with E-state index in [2.05, 4.69) is 6.92 Å². The molecule has 0 saturated heterocycles. The zero-order valence-corrected chi connectivity index (χ0v) is 9.95. The highest BCUT2D eigenvalue weighted by molar-refractivity contribution is 5.52. The van der Waals surface area contributed by atoms with Crippen molar-refractivity contribution < 1.29 is 9.66 Å². The predicted octanol–water partition coefficient (Wildman–Crippen LogP) is 3.12. The van der Waals surface area contributed by atoms with Crippen LogP contribution in [0.1, 0.15) is 31.4 Å². The molecule has 1 rings (SSSR count). The van der Waals surface area contributed by atoms with Gasteiger partial charge in [-0.1, -0.05) is 20.3 Å². The first kappa shape index (κ1) is 12.5. The van der Waals surface area contributed by atoms with Gasteiger partial charge >= 0.3 is 5.69 Å². The Morgan fingerprint density at radius 2 is 2.00 bits per heavy atom. The lowest BCUT2D eigenvalue weighted by molar-refractivity contribution is -0.385. The van der Waals surface area contributed by atoms with Gasteiger partial charge in [-0.3, -0.25) is 10.1 Å². The van der Waals surface area contributed by atoms with Gasteiger partial charge in [0, 0.05) is 6.07 Å². The minimum Gasteiger partial charge on any atom is -0.490 e. The summed E-state index contributed by atoms with van der Waals surface area (Å²) in [5.74, 6) is 0.349. The second-order valence-corrected chi connectivity index (χ2v) is 3.65. The van der Waals surface area contributed by atoms with Crippen LogP contribution >= 0.6 is 0 Å². The standard InChI is InChI=1S/C12H17NO3/c1-4-6-10-7-11(13(14)15)12(16-3)8-9(10)5-2/h7-8H,4-6H2,1-3H3. The van der Waals surface area contributed by atoms with Crippen LogP contribution in [0.2, 0.25) is 0 Å². The quantitative estimate of drug-likeness (QED) is 0.569. The maximum Gasteiger partial charge on any atom is 0.311 e. The van der Waals surface area contributed by atoms with Crippen molar-refractivity contribution in [2.75, 3.05) is 7.11 Å². The first-order valence-electron chi connectivity index (χ1n) is 5.48. The number of hydrogen-bond acceptors (Lipinski definition) is 3. The zero-order valence-electron chi connectivity index (χ0n) is 9.95. The Balaban J connectivity index is 3.28. The Labute approximate surface area is 95.4 Å². The van der Waals surface area contributed by atoms with Gasteiger partial charge in [-0.25, -0.2) is 0 Å². The molecule has 1 aromatic rings. The van der Waals surface area contributed by atoms with E-state index < -0.39 is 4.92 Å². The van der Waals surface area contributed by atoms with Crippen LogP contribution in [-0.2, 0) is 12.8 Å². The average Bonchev–Trinajstić information content (AvgIpc) is 2.28. The molecule has 0 aliphatic heterocycles. The van der Waals surface area contributed by atoms with E-state index >= 15 is 0 Å². The van der Waals surface area contributed by atoms with Gasteiger partial charge in [0.05, 0.1) is 12.0 Å². The summed E-state index contributed by atoms with van der Waals surface area (Å²) in [5, 5.41) is 10.9. The summed E-state index contributed by atoms with van der Waals surface area (Å²) >= 11 is 0. The smallest absolute Gasteiger partial charge is 0.311 e. The molecule has 4 heteroatoms. The van der Waals surface area contributed by atoms with E-state index in [1.807, 2.05) is 6.92 Å². The topological polar surface area (TPSA) is 52.4 Å². The number of benzene rings is 1. The van der Waals surface area contributed by atoms with E-state index in [9.17, 15) is 10.1 Å². The molecule has 0 bridgehead atoms. The van der Waals surface area contributed by atoms with Crippen LogP contribution in [-0.4, -0.2) is 12.0 Å². The zero-order chi connectivity index (χ0) is 12.1. The third kappa shape index (κ3) is 2.51. The molecule has 0 aromatic heterocycles. The van der Waals surface area contributed by atoms with E-state index in [-0.39, 0.29) is 5.69 Å². The van der Waals surface area contributed by atoms with Crippen LogP contribution in [0.15, 0.2) is 12.1 Å². The van der Waals surface area contributed by atoms with Crippen molar-refractivity contribution in [2.24, 2.45) is 0 Å². The highest BCUT2D eigenvalue weighted by Gasteiger charge is 2.17. The lowest BCUT2D eigenvalue weighted by atomic mass is 10.00. The molecule has 0 aliphatic rings. The third-order valence-electron chi connectivity index (χ3n) is 2.60. The highest BCUT2D eigenvalue weighted by Crippen LogP contribution is 2.31. The molecule has 0 spiro atoms. The fourth-order valence-corrected chi connectivity index (χ4v) is 1.79. The number of methoxy groups -OCH3 is 1. The van der Waals surface area contributed by atoms with E-state index in [4.69, 9.17) is 4.74 Å². The fourth-order valence-electron chi connectivity index (χ4n) is 1.79. The van der Waals surface area contributed by atoms with Crippen molar-refractivity contribution in [1.29, 1.82) is 0 Å². The number of rotatable bonds is 5. The van der Waals surface area contributed by atoms with Crippen molar-refractivity contribution in [3.63, 3.8) is 0 Å². The Bertz CT molecular complexity index is 388. The van der Waals surface area contributed by atoms with Crippen LogP contribution in [0.5, 0.6) is 5.75 Å². The lowest BCUT2D eigenvalue weighted by Gasteiger charge is -2.09. The summed E-state index contributed by atoms with van der Waals surface area (Å²) < 4.78 is 5.04. The molecular weight excluding hydrogens is 206 g/mol. The fraction of sp³-hybridized carbons (Fsp3) is 0.500. The molecule has 0 saturated carbocycles. The largest absolute Gasteiger partial charge is 0.490 e. The Hall–Kier alpha value is -1.58. The highest BCUT2D eigenvalue weighted by atomic mass is 16.6. The number of hydrogen-bond donors (Lipinski definition) is 0. The summed E-state index contributed by atoms with van der Waals surface area (Å²) in [5.41, 5.74) is 2.24. The molecule has 0 amide bonds. The molecule has 0 unspecified atom stereocenters. The minimum absolute atomic E-state index is 0.0585. The number of nitrogens with zero attached hydrogens (tertiary/aromatic N) is 1. The third-order valence-corrected chi connectivity index (χ3v) is 2.60. The summed E-state index contributed by atoms with van der Waals surface area (Å²) in [4.78, 5) is 10.5. The summed E-state index contributed by atoms with van der Waals surface area (Å²) in [6.07, 6.45) is 2.72. The Kier molecular flexibility index (Phi) is 4.28. The molecule has 0 heterocycles. The van der Waals surface area contributed by atoms with Gasteiger partial charge in [0.2, 0.25) is 0 Å². The van der Waals surface area contributed by atoms with Crippen LogP contribution in [0.4, 0.5) is 5.69 Å². The molecule has 88 valence electrons. The Morgan fingerprint density at radius 3 is 2.44 bits per heavy atom. The normalized spacial score (nSPS) is 10.2. The number of ether oxygens (including phenoxy) is 1. The van der Waals surface area contributed by atoms with E-state index in [1.54, 1.807) is 12.1 Å². The van der Waals surface area contributed by atoms with Crippen LogP contribution < -0.4 is 4.74 Å². The summed E-state index contributed by atoms with van der Waals surface area (Å²) in [6.45, 7) is 4.11. The van der Waals surface area contributed by atoms with Crippen molar-refractivity contribution in [3.8, 4) is 5.75 Å². The molecule has 16 heavy (non-hydrogen) atoms. The molecule has 4 nitrogen and oxygen atoms in total. The number of nitro benzene ring substituents is 1. The van der Waals surface area contributed by atoms with E-state index in [0.29, 0.717) is 5.75 Å². The van der Waals surface area contributed by atoms with Gasteiger partial charge in [0.25, 0.3) is 0 Å². The van der Waals surface area contributed by atoms with E-state index in [0.717, 1.165) is 30.4 Å². The van der Waals surface area contributed by atoms with Crippen molar-refractivity contribution in [3.05, 3.63) is 33.4 Å². The monoisotopic (exact) mass is 223 g/mol. The second kappa shape index (κ2) is 5.49. The predicted molar refractivity (Wildman–Crippen MR) is 63.0 cm³/mol. The van der Waals surface area contributed by atoms with Crippen LogP contribution in [0, 0.1) is 10.1 Å². The summed E-state index contributed by atoms with van der Waals surface area (Å²) in [6, 6.07) is 3.42. The minimum atomic E-state index is -0.391. The average molecular weight is 223 g/mol. The molecule has 0 fully saturated rings. The van der Waals surface area contributed by atoms with Crippen molar-refractivity contribution >= 4 is 5.69 Å². The molecule has 0 atom stereocenters. The molecule has 1 aromatic carbocycles. The van der Waals surface area contributed by atoms with Gasteiger partial charge in [-0.05, 0) is 30.0 Å². The van der Waals surface area contributed by atoms with E-state index in [1.165, 1.54) is 7.11 Å². The molecule has 0 N–H and O–H groups in total. The SMILES string of the molecule is CCCc1cc([N+](=O)[O-])c(OC)cc1CC. The van der Waals surface area contributed by atoms with Crippen molar-refractivity contribution in [1.82, 2.24) is 0 Å². The molecule has 0 radical (unpaired) electrons. The molecule has 0 aliphatic carbocycles. The maximum atomic E-state index is 10.9.